The van der Waals surface area contributed by atoms with Crippen molar-refractivity contribution in [3.05, 3.63) is 35.6 Å². The number of hydrogen-bond donors (Lipinski definition) is 1. The van der Waals surface area contributed by atoms with E-state index in [1.807, 2.05) is 0 Å². The van der Waals surface area contributed by atoms with Crippen molar-refractivity contribution in [2.45, 2.75) is 32.0 Å². The van der Waals surface area contributed by atoms with Crippen molar-refractivity contribution < 1.29 is 22.7 Å². The molecule has 0 aliphatic heterocycles. The Morgan fingerprint density at radius 3 is 2.61 bits per heavy atom. The maximum absolute atomic E-state index is 12.1. The summed E-state index contributed by atoms with van der Waals surface area (Å²) in [6.07, 6.45) is -6.77. The lowest BCUT2D eigenvalue weighted by atomic mass is 10.0. The third-order valence-corrected chi connectivity index (χ3v) is 2.85. The second-order valence-electron chi connectivity index (χ2n) is 4.24. The van der Waals surface area contributed by atoms with Gasteiger partial charge in [-0.3, -0.25) is 0 Å². The Labute approximate surface area is 102 Å². The highest BCUT2D eigenvalue weighted by molar-refractivity contribution is 5.82. The van der Waals surface area contributed by atoms with Crippen molar-refractivity contribution in [1.29, 1.82) is 0 Å². The lowest BCUT2D eigenvalue weighted by Gasteiger charge is -2.12. The Kier molecular flexibility index (Phi) is 3.34. The molecule has 0 aliphatic carbocycles. The average Bonchev–Trinajstić information content (AvgIpc) is 2.61. The molecule has 1 heterocycles. The zero-order chi connectivity index (χ0) is 13.3. The summed E-state index contributed by atoms with van der Waals surface area (Å²) < 4.78 is 41.8. The number of benzene rings is 1. The van der Waals surface area contributed by atoms with Crippen LogP contribution in [-0.2, 0) is 0 Å². The molecular formula is C13H13F3O2. The van der Waals surface area contributed by atoms with Gasteiger partial charge in [-0.05, 0) is 19.4 Å². The molecule has 1 atom stereocenters. The summed E-state index contributed by atoms with van der Waals surface area (Å²) in [4.78, 5) is 0. The van der Waals surface area contributed by atoms with Crippen molar-refractivity contribution in [1.82, 2.24) is 0 Å². The zero-order valence-corrected chi connectivity index (χ0v) is 9.79. The van der Waals surface area contributed by atoms with Gasteiger partial charge in [-0.15, -0.1) is 0 Å². The molecule has 2 aromatic rings. The quantitative estimate of drug-likeness (QED) is 0.898. The number of furan rings is 1. The van der Waals surface area contributed by atoms with E-state index in [9.17, 15) is 18.3 Å². The van der Waals surface area contributed by atoms with Gasteiger partial charge in [0.25, 0.3) is 0 Å². The second kappa shape index (κ2) is 4.65. The Balaban J connectivity index is 2.27. The van der Waals surface area contributed by atoms with Crippen LogP contribution in [0.25, 0.3) is 11.0 Å². The summed E-state index contributed by atoms with van der Waals surface area (Å²) in [5.41, 5.74) is 1.03. The summed E-state index contributed by atoms with van der Waals surface area (Å²) in [6, 6.07) is 6.99. The third-order valence-electron chi connectivity index (χ3n) is 2.85. The molecule has 1 aromatic heterocycles. The molecule has 0 fully saturated rings. The summed E-state index contributed by atoms with van der Waals surface area (Å²) >= 11 is 0. The minimum absolute atomic E-state index is 0.353. The van der Waals surface area contributed by atoms with Crippen LogP contribution in [0.15, 0.2) is 28.7 Å². The lowest BCUT2D eigenvalue weighted by molar-refractivity contribution is -0.140. The number of aryl methyl sites for hydroxylation is 1. The first-order valence-corrected chi connectivity index (χ1v) is 5.61. The van der Waals surface area contributed by atoms with Crippen LogP contribution >= 0.6 is 0 Å². The standard InChI is InChI=1S/C13H13F3O2/c1-8-12(10(17)6-7-13(14,15)16)9-4-2-3-5-11(9)18-8/h2-5,10,17H,6-7H2,1H3. The smallest absolute Gasteiger partial charge is 0.389 e. The molecule has 18 heavy (non-hydrogen) atoms. The highest BCUT2D eigenvalue weighted by atomic mass is 19.4. The number of aliphatic hydroxyl groups is 1. The van der Waals surface area contributed by atoms with Gasteiger partial charge in [0, 0.05) is 17.4 Å². The van der Waals surface area contributed by atoms with Crippen LogP contribution in [0.3, 0.4) is 0 Å². The first kappa shape index (κ1) is 13.0. The monoisotopic (exact) mass is 258 g/mol. The van der Waals surface area contributed by atoms with Gasteiger partial charge >= 0.3 is 6.18 Å². The first-order chi connectivity index (χ1) is 8.38. The van der Waals surface area contributed by atoms with E-state index in [4.69, 9.17) is 4.42 Å². The van der Waals surface area contributed by atoms with Crippen LogP contribution in [0.4, 0.5) is 13.2 Å². The topological polar surface area (TPSA) is 33.4 Å². The molecule has 0 aliphatic rings. The average molecular weight is 258 g/mol. The van der Waals surface area contributed by atoms with Crippen LogP contribution in [0, 0.1) is 6.92 Å². The van der Waals surface area contributed by atoms with Crippen LogP contribution < -0.4 is 0 Å². The van der Waals surface area contributed by atoms with Crippen molar-refractivity contribution in [3.8, 4) is 0 Å². The Morgan fingerprint density at radius 1 is 1.28 bits per heavy atom. The van der Waals surface area contributed by atoms with Crippen LogP contribution in [-0.4, -0.2) is 11.3 Å². The highest BCUT2D eigenvalue weighted by Crippen LogP contribution is 2.34. The molecule has 0 spiro atoms. The summed E-state index contributed by atoms with van der Waals surface area (Å²) in [5.74, 6) is 0.464. The van der Waals surface area contributed by atoms with E-state index in [0.717, 1.165) is 0 Å². The summed E-state index contributed by atoms with van der Waals surface area (Å²) in [6.45, 7) is 1.64. The lowest BCUT2D eigenvalue weighted by Crippen LogP contribution is -2.10. The van der Waals surface area contributed by atoms with Crippen molar-refractivity contribution in [2.75, 3.05) is 0 Å². The maximum atomic E-state index is 12.1. The van der Waals surface area contributed by atoms with E-state index in [1.54, 1.807) is 31.2 Å². The van der Waals surface area contributed by atoms with E-state index in [2.05, 4.69) is 0 Å². The van der Waals surface area contributed by atoms with Gasteiger partial charge in [-0.2, -0.15) is 13.2 Å². The van der Waals surface area contributed by atoms with Crippen molar-refractivity contribution >= 4 is 11.0 Å². The normalized spacial score (nSPS) is 14.1. The number of halogens is 3. The van der Waals surface area contributed by atoms with E-state index < -0.39 is 18.7 Å². The molecule has 2 nitrogen and oxygen atoms in total. The number of rotatable bonds is 3. The molecule has 1 N–H and O–H groups in total. The molecule has 2 rings (SSSR count). The molecule has 1 aromatic carbocycles. The predicted molar refractivity (Wildman–Crippen MR) is 61.2 cm³/mol. The minimum atomic E-state index is -4.26. The zero-order valence-electron chi connectivity index (χ0n) is 9.79. The molecule has 0 saturated carbocycles. The molecule has 98 valence electrons. The van der Waals surface area contributed by atoms with Crippen molar-refractivity contribution in [3.63, 3.8) is 0 Å². The second-order valence-corrected chi connectivity index (χ2v) is 4.24. The van der Waals surface area contributed by atoms with Gasteiger partial charge in [0.2, 0.25) is 0 Å². The van der Waals surface area contributed by atoms with E-state index in [-0.39, 0.29) is 6.42 Å². The Hall–Kier alpha value is -1.49. The number of alkyl halides is 3. The maximum Gasteiger partial charge on any atom is 0.389 e. The molecule has 5 heteroatoms. The predicted octanol–water partition coefficient (Wildman–Crippen LogP) is 4.12. The largest absolute Gasteiger partial charge is 0.461 e. The van der Waals surface area contributed by atoms with Crippen LogP contribution in [0.2, 0.25) is 0 Å². The van der Waals surface area contributed by atoms with Gasteiger partial charge in [0.05, 0.1) is 6.10 Å². The number of aliphatic hydroxyl groups excluding tert-OH is 1. The molecule has 1 unspecified atom stereocenters. The summed E-state index contributed by atoms with van der Waals surface area (Å²) in [5, 5.41) is 10.6. The highest BCUT2D eigenvalue weighted by Gasteiger charge is 2.29. The Bertz CT molecular complexity index is 543. The SMILES string of the molecule is Cc1oc2ccccc2c1C(O)CCC(F)(F)F. The number of para-hydroxylation sites is 1. The van der Waals surface area contributed by atoms with Gasteiger partial charge in [0.1, 0.15) is 11.3 Å². The van der Waals surface area contributed by atoms with Gasteiger partial charge in [-0.25, -0.2) is 0 Å². The first-order valence-electron chi connectivity index (χ1n) is 5.61. The molecule has 0 saturated heterocycles. The number of fused-ring (bicyclic) bond motifs is 1. The van der Waals surface area contributed by atoms with Crippen molar-refractivity contribution in [2.24, 2.45) is 0 Å². The van der Waals surface area contributed by atoms with Gasteiger partial charge in [-0.1, -0.05) is 18.2 Å². The van der Waals surface area contributed by atoms with Crippen LogP contribution in [0.5, 0.6) is 0 Å². The van der Waals surface area contributed by atoms with E-state index in [1.165, 1.54) is 0 Å². The third kappa shape index (κ3) is 2.67. The fraction of sp³-hybridized carbons (Fsp3) is 0.385. The molecule has 0 bridgehead atoms. The van der Waals surface area contributed by atoms with E-state index >= 15 is 0 Å². The number of hydrogen-bond acceptors (Lipinski definition) is 2. The fourth-order valence-corrected chi connectivity index (χ4v) is 2.05. The Morgan fingerprint density at radius 2 is 1.94 bits per heavy atom. The van der Waals surface area contributed by atoms with Gasteiger partial charge < -0.3 is 9.52 Å². The van der Waals surface area contributed by atoms with Crippen LogP contribution in [0.1, 0.15) is 30.3 Å². The minimum Gasteiger partial charge on any atom is -0.461 e. The molecule has 0 radical (unpaired) electrons. The van der Waals surface area contributed by atoms with Gasteiger partial charge in [0.15, 0.2) is 0 Å². The van der Waals surface area contributed by atoms with E-state index in [0.29, 0.717) is 22.3 Å². The molecule has 0 amide bonds. The molecular weight excluding hydrogens is 245 g/mol. The summed E-state index contributed by atoms with van der Waals surface area (Å²) in [7, 11) is 0. The fourth-order valence-electron chi connectivity index (χ4n) is 2.05.